The van der Waals surface area contributed by atoms with Crippen molar-refractivity contribution in [2.75, 3.05) is 5.32 Å². The number of hydrogen-bond acceptors (Lipinski definition) is 6. The van der Waals surface area contributed by atoms with Gasteiger partial charge in [-0.1, -0.05) is 37.6 Å². The number of imidazole rings is 1. The Hall–Kier alpha value is -2.93. The molecule has 0 unspecified atom stereocenters. The van der Waals surface area contributed by atoms with E-state index >= 15 is 0 Å². The zero-order valence-electron chi connectivity index (χ0n) is 15.1. The summed E-state index contributed by atoms with van der Waals surface area (Å²) in [5, 5.41) is 5.44. The average Bonchev–Trinajstić information content (AvgIpc) is 3.33. The highest BCUT2D eigenvalue weighted by atomic mass is 32.1. The summed E-state index contributed by atoms with van der Waals surface area (Å²) in [5.74, 6) is 1.27. The third kappa shape index (κ3) is 3.93. The van der Waals surface area contributed by atoms with Gasteiger partial charge in [0.15, 0.2) is 11.2 Å². The molecule has 0 amide bonds. The summed E-state index contributed by atoms with van der Waals surface area (Å²) < 4.78 is 8.05. The number of aryl methyl sites for hydroxylation is 1. The highest BCUT2D eigenvalue weighted by Crippen LogP contribution is 2.27. The van der Waals surface area contributed by atoms with Crippen molar-refractivity contribution in [3.8, 4) is 5.88 Å². The Balaban J connectivity index is 1.69. The molecule has 138 valence electrons. The van der Waals surface area contributed by atoms with Gasteiger partial charge >= 0.3 is 0 Å². The summed E-state index contributed by atoms with van der Waals surface area (Å²) in [6.45, 7) is 3.49. The Morgan fingerprint density at radius 2 is 2.00 bits per heavy atom. The average molecular weight is 379 g/mol. The number of rotatable bonds is 8. The topological polar surface area (TPSA) is 64.9 Å². The van der Waals surface area contributed by atoms with Gasteiger partial charge in [0.25, 0.3) is 0 Å². The molecule has 0 aliphatic rings. The van der Waals surface area contributed by atoms with E-state index in [1.807, 2.05) is 47.8 Å². The predicted octanol–water partition coefficient (Wildman–Crippen LogP) is 5.01. The van der Waals surface area contributed by atoms with Crippen LogP contribution in [0.2, 0.25) is 0 Å². The molecular formula is C20H21N5OS. The van der Waals surface area contributed by atoms with E-state index in [0.717, 1.165) is 41.5 Å². The van der Waals surface area contributed by atoms with Crippen molar-refractivity contribution >= 4 is 34.1 Å². The van der Waals surface area contributed by atoms with Crippen LogP contribution in [0.25, 0.3) is 11.2 Å². The summed E-state index contributed by atoms with van der Waals surface area (Å²) in [5.41, 5.74) is 2.46. The maximum atomic E-state index is 5.94. The Kier molecular flexibility index (Phi) is 5.29. The van der Waals surface area contributed by atoms with Crippen molar-refractivity contribution in [1.29, 1.82) is 0 Å². The molecular weight excluding hydrogens is 358 g/mol. The molecule has 3 aromatic heterocycles. The number of nitrogens with zero attached hydrogens (tertiary/aromatic N) is 4. The zero-order chi connectivity index (χ0) is 18.5. The zero-order valence-corrected chi connectivity index (χ0v) is 15.9. The lowest BCUT2D eigenvalue weighted by Gasteiger charge is -2.09. The predicted molar refractivity (Wildman–Crippen MR) is 109 cm³/mol. The molecule has 1 aromatic carbocycles. The van der Waals surface area contributed by atoms with Crippen LogP contribution in [-0.2, 0) is 13.2 Å². The van der Waals surface area contributed by atoms with Crippen LogP contribution in [0.5, 0.6) is 5.88 Å². The van der Waals surface area contributed by atoms with Crippen LogP contribution in [0.15, 0.2) is 54.2 Å². The van der Waals surface area contributed by atoms with Gasteiger partial charge in [0.05, 0.1) is 0 Å². The first-order valence-electron chi connectivity index (χ1n) is 9.03. The van der Waals surface area contributed by atoms with Crippen LogP contribution < -0.4 is 10.1 Å². The molecule has 0 radical (unpaired) electrons. The molecule has 0 fully saturated rings. The van der Waals surface area contributed by atoms with E-state index in [0.29, 0.717) is 18.0 Å². The second-order valence-electron chi connectivity index (χ2n) is 6.15. The number of hydrogen-bond donors (Lipinski definition) is 1. The van der Waals surface area contributed by atoms with Gasteiger partial charge in [0.1, 0.15) is 12.9 Å². The lowest BCUT2D eigenvalue weighted by Crippen LogP contribution is -2.05. The van der Waals surface area contributed by atoms with Crippen LogP contribution in [0.4, 0.5) is 11.6 Å². The Morgan fingerprint density at radius 1 is 1.11 bits per heavy atom. The molecule has 0 spiro atoms. The maximum absolute atomic E-state index is 5.94. The molecule has 0 atom stereocenters. The van der Waals surface area contributed by atoms with Crippen molar-refractivity contribution in [3.63, 3.8) is 0 Å². The molecule has 6 nitrogen and oxygen atoms in total. The number of anilines is 2. The van der Waals surface area contributed by atoms with Crippen LogP contribution >= 0.6 is 11.3 Å². The second-order valence-corrected chi connectivity index (χ2v) is 7.18. The maximum Gasteiger partial charge on any atom is 0.245 e. The number of thiophene rings is 1. The Labute approximate surface area is 161 Å². The van der Waals surface area contributed by atoms with Gasteiger partial charge in [-0.2, -0.15) is 4.98 Å². The van der Waals surface area contributed by atoms with E-state index in [1.165, 1.54) is 0 Å². The van der Waals surface area contributed by atoms with E-state index in [2.05, 4.69) is 26.8 Å². The molecule has 7 heteroatoms. The quantitative estimate of drug-likeness (QED) is 0.466. The lowest BCUT2D eigenvalue weighted by atomic mass is 10.3. The summed E-state index contributed by atoms with van der Waals surface area (Å²) in [7, 11) is 0. The van der Waals surface area contributed by atoms with Crippen molar-refractivity contribution in [2.45, 2.75) is 32.9 Å². The molecule has 0 bridgehead atoms. The van der Waals surface area contributed by atoms with Crippen molar-refractivity contribution < 1.29 is 4.74 Å². The monoisotopic (exact) mass is 379 g/mol. The summed E-state index contributed by atoms with van der Waals surface area (Å²) in [6, 6.07) is 14.1. The van der Waals surface area contributed by atoms with E-state index in [4.69, 9.17) is 9.72 Å². The smallest absolute Gasteiger partial charge is 0.245 e. The van der Waals surface area contributed by atoms with Gasteiger partial charge in [0, 0.05) is 17.1 Å². The molecule has 4 aromatic rings. The Bertz CT molecular complexity index is 998. The second kappa shape index (κ2) is 8.18. The highest BCUT2D eigenvalue weighted by molar-refractivity contribution is 7.09. The molecule has 4 rings (SSSR count). The van der Waals surface area contributed by atoms with Crippen LogP contribution in [0.1, 0.15) is 24.6 Å². The highest BCUT2D eigenvalue weighted by Gasteiger charge is 2.17. The number of para-hydroxylation sites is 1. The molecule has 1 N–H and O–H groups in total. The third-order valence-corrected chi connectivity index (χ3v) is 5.04. The number of fused-ring (bicyclic) bond motifs is 1. The van der Waals surface area contributed by atoms with Gasteiger partial charge in [-0.25, -0.2) is 9.97 Å². The summed E-state index contributed by atoms with van der Waals surface area (Å²) in [6.07, 6.45) is 3.68. The first kappa shape index (κ1) is 17.5. The van der Waals surface area contributed by atoms with Crippen molar-refractivity contribution in [3.05, 3.63) is 59.0 Å². The van der Waals surface area contributed by atoms with E-state index in [1.54, 1.807) is 17.7 Å². The molecule has 0 saturated heterocycles. The minimum absolute atomic E-state index is 0.479. The standard InChI is InChI=1S/C20H21N5OS/c1-2-3-11-25-18-17(24-20(25)23-15-8-5-4-6-9-15)19(22-14-21-18)26-13-16-10-7-12-27-16/h4-10,12,14H,2-3,11,13H2,1H3,(H,23,24). The largest absolute Gasteiger partial charge is 0.470 e. The van der Waals surface area contributed by atoms with Gasteiger partial charge in [0.2, 0.25) is 11.8 Å². The van der Waals surface area contributed by atoms with Crippen LogP contribution in [-0.4, -0.2) is 19.5 Å². The van der Waals surface area contributed by atoms with Gasteiger partial charge in [-0.15, -0.1) is 11.3 Å². The first-order chi connectivity index (χ1) is 13.3. The fraction of sp³-hybridized carbons (Fsp3) is 0.250. The minimum Gasteiger partial charge on any atom is -0.470 e. The molecule has 27 heavy (non-hydrogen) atoms. The van der Waals surface area contributed by atoms with Crippen molar-refractivity contribution in [2.24, 2.45) is 0 Å². The number of unbranched alkanes of at least 4 members (excludes halogenated alkanes) is 1. The third-order valence-electron chi connectivity index (χ3n) is 4.19. The van der Waals surface area contributed by atoms with Gasteiger partial charge in [-0.3, -0.25) is 4.57 Å². The Morgan fingerprint density at radius 3 is 2.78 bits per heavy atom. The van der Waals surface area contributed by atoms with Crippen molar-refractivity contribution in [1.82, 2.24) is 19.5 Å². The molecule has 3 heterocycles. The minimum atomic E-state index is 0.479. The molecule has 0 saturated carbocycles. The van der Waals surface area contributed by atoms with E-state index in [9.17, 15) is 0 Å². The first-order valence-corrected chi connectivity index (χ1v) is 9.91. The number of benzene rings is 1. The number of ether oxygens (including phenoxy) is 1. The van der Waals surface area contributed by atoms with Gasteiger partial charge < -0.3 is 10.1 Å². The lowest BCUT2D eigenvalue weighted by molar-refractivity contribution is 0.300. The number of nitrogens with one attached hydrogen (secondary N) is 1. The summed E-state index contributed by atoms with van der Waals surface area (Å²) in [4.78, 5) is 14.7. The SMILES string of the molecule is CCCCn1c(Nc2ccccc2)nc2c(OCc3cccs3)ncnc21. The fourth-order valence-electron chi connectivity index (χ4n) is 2.83. The van der Waals surface area contributed by atoms with E-state index in [-0.39, 0.29) is 0 Å². The molecule has 0 aliphatic heterocycles. The normalized spacial score (nSPS) is 11.0. The molecule has 0 aliphatic carbocycles. The fourth-order valence-corrected chi connectivity index (χ4v) is 3.45. The number of aromatic nitrogens is 4. The van der Waals surface area contributed by atoms with Gasteiger partial charge in [-0.05, 0) is 30.0 Å². The van der Waals surface area contributed by atoms with Crippen LogP contribution in [0, 0.1) is 0 Å². The summed E-state index contributed by atoms with van der Waals surface area (Å²) >= 11 is 1.66. The van der Waals surface area contributed by atoms with Crippen LogP contribution in [0.3, 0.4) is 0 Å². The van der Waals surface area contributed by atoms with E-state index < -0.39 is 0 Å².